The minimum Gasteiger partial charge on any atom is -0.460 e. The minimum atomic E-state index is -2.38. The molecule has 0 unspecified atom stereocenters. The molecule has 0 aromatic carbocycles. The number of piperidine rings is 1. The van der Waals surface area contributed by atoms with E-state index in [1.807, 2.05) is 13.8 Å². The Kier molecular flexibility index (Phi) is 21.3. The van der Waals surface area contributed by atoms with Crippen LogP contribution in [0.25, 0.3) is 0 Å². The third-order valence-electron chi connectivity index (χ3n) is 14.7. The molecule has 0 radical (unpaired) electrons. The number of Topliss-reactive ketones (excluding diaryl/α,β-unsaturated/α-hetero) is 3. The molecule has 14 heteroatoms. The first kappa shape index (κ1) is 53.8. The predicted octanol–water partition coefficient (Wildman–Crippen LogP) is 6.24. The largest absolute Gasteiger partial charge is 0.460 e. The van der Waals surface area contributed by atoms with Crippen molar-refractivity contribution in [2.75, 3.05) is 27.9 Å². The summed E-state index contributed by atoms with van der Waals surface area (Å²) in [6.45, 7) is 11.0. The number of fused-ring (bicyclic) bond motifs is 3. The van der Waals surface area contributed by atoms with E-state index < -0.39 is 77.8 Å². The van der Waals surface area contributed by atoms with Crippen molar-refractivity contribution in [3.63, 3.8) is 0 Å². The summed E-state index contributed by atoms with van der Waals surface area (Å²) in [7, 11) is 4.59. The van der Waals surface area contributed by atoms with E-state index in [4.69, 9.17) is 23.7 Å². The molecule has 64 heavy (non-hydrogen) atoms. The molecule has 1 amide bonds. The lowest BCUT2D eigenvalue weighted by Crippen LogP contribution is -2.61. The number of cyclic esters (lactones) is 1. The number of aliphatic hydroxyl groups is 3. The number of ether oxygens (including phenoxy) is 5. The SMILES string of the molecule is CO[C@@H]1CCCC/C=C/[C@@H](C)C[C@@H](C)C(=O)[C@H](OC)[C@H](O)/C(C)=C/[C@@H](C)C(=O)C[C@@H]([C@H](C)C[C@H]2CC[C@@H](O)[C@H](OC)C2)OC(=O)[C@@H]2CCCCN2C(=O)C(=O)[C@]2(O)O[C@@H](CC[C@H]2C)C1. The molecule has 3 N–H and O–H groups in total. The molecule has 0 aromatic heterocycles. The maximum absolute atomic E-state index is 14.3. The first-order chi connectivity index (χ1) is 30.3. The summed E-state index contributed by atoms with van der Waals surface area (Å²) in [6, 6.07) is -1.12. The third kappa shape index (κ3) is 14.3. The molecule has 0 aromatic rings. The van der Waals surface area contributed by atoms with E-state index in [9.17, 15) is 39.3 Å². The van der Waals surface area contributed by atoms with E-state index >= 15 is 0 Å². The van der Waals surface area contributed by atoms with Crippen molar-refractivity contribution in [2.45, 2.75) is 199 Å². The van der Waals surface area contributed by atoms with Crippen LogP contribution in [0.15, 0.2) is 23.8 Å². The van der Waals surface area contributed by atoms with Gasteiger partial charge < -0.3 is 43.9 Å². The van der Waals surface area contributed by atoms with Crippen LogP contribution in [0, 0.1) is 35.5 Å². The second-order valence-corrected chi connectivity index (χ2v) is 19.8. The number of hydrogen-bond acceptors (Lipinski definition) is 13. The van der Waals surface area contributed by atoms with Crippen LogP contribution in [0.4, 0.5) is 0 Å². The fraction of sp³-hybridized carbons (Fsp3) is 0.820. The van der Waals surface area contributed by atoms with Gasteiger partial charge in [-0.1, -0.05) is 59.3 Å². The smallest absolute Gasteiger partial charge is 0.329 e. The van der Waals surface area contributed by atoms with Crippen LogP contribution < -0.4 is 0 Å². The zero-order valence-corrected chi connectivity index (χ0v) is 40.2. The average molecular weight is 904 g/mol. The number of ketones is 3. The molecule has 3 heterocycles. The number of carbonyl (C=O) groups is 5. The lowest BCUT2D eigenvalue weighted by Gasteiger charge is -2.42. The Labute approximate surface area is 382 Å². The first-order valence-electron chi connectivity index (χ1n) is 24.2. The fourth-order valence-electron chi connectivity index (χ4n) is 10.4. The Morgan fingerprint density at radius 1 is 0.859 bits per heavy atom. The van der Waals surface area contributed by atoms with E-state index in [0.717, 1.165) is 32.1 Å². The highest BCUT2D eigenvalue weighted by Crippen LogP contribution is 2.37. The number of allylic oxidation sites excluding steroid dienone is 3. The molecule has 3 aliphatic heterocycles. The molecule has 2 bridgehead atoms. The molecule has 364 valence electrons. The topological polar surface area (TPSA) is 195 Å². The quantitative estimate of drug-likeness (QED) is 0.154. The zero-order valence-electron chi connectivity index (χ0n) is 40.2. The Balaban J connectivity index is 1.66. The molecule has 2 saturated heterocycles. The Morgan fingerprint density at radius 3 is 2.27 bits per heavy atom. The monoisotopic (exact) mass is 904 g/mol. The van der Waals surface area contributed by atoms with Crippen LogP contribution in [0.3, 0.4) is 0 Å². The van der Waals surface area contributed by atoms with Crippen molar-refractivity contribution in [1.82, 2.24) is 4.90 Å². The molecule has 14 nitrogen and oxygen atoms in total. The van der Waals surface area contributed by atoms with Crippen molar-refractivity contribution in [1.29, 1.82) is 0 Å². The van der Waals surface area contributed by atoms with Gasteiger partial charge in [-0.05, 0) is 120 Å². The van der Waals surface area contributed by atoms with Gasteiger partial charge >= 0.3 is 5.97 Å². The average Bonchev–Trinajstić information content (AvgIpc) is 3.27. The van der Waals surface area contributed by atoms with Crippen LogP contribution in [0.5, 0.6) is 0 Å². The number of methoxy groups -OCH3 is 3. The summed E-state index contributed by atoms with van der Waals surface area (Å²) in [4.78, 5) is 71.7. The normalized spacial score (nSPS) is 39.9. The highest BCUT2D eigenvalue weighted by molar-refractivity contribution is 6.39. The van der Waals surface area contributed by atoms with Gasteiger partial charge in [-0.3, -0.25) is 19.2 Å². The zero-order chi connectivity index (χ0) is 47.3. The van der Waals surface area contributed by atoms with Gasteiger partial charge in [-0.25, -0.2) is 4.79 Å². The van der Waals surface area contributed by atoms with Gasteiger partial charge in [0.2, 0.25) is 5.79 Å². The highest BCUT2D eigenvalue weighted by atomic mass is 16.6. The van der Waals surface area contributed by atoms with Crippen LogP contribution in [-0.2, 0) is 47.7 Å². The lowest BCUT2D eigenvalue weighted by atomic mass is 9.78. The first-order valence-corrected chi connectivity index (χ1v) is 24.2. The fourth-order valence-corrected chi connectivity index (χ4v) is 10.4. The maximum atomic E-state index is 14.3. The van der Waals surface area contributed by atoms with Crippen LogP contribution >= 0.6 is 0 Å². The summed E-state index contributed by atoms with van der Waals surface area (Å²) in [6.07, 6.45) is 9.91. The van der Waals surface area contributed by atoms with Gasteiger partial charge in [0.15, 0.2) is 5.78 Å². The van der Waals surface area contributed by atoms with Crippen molar-refractivity contribution < 1.29 is 63.0 Å². The maximum Gasteiger partial charge on any atom is 0.329 e. The second kappa shape index (κ2) is 25.3. The summed E-state index contributed by atoms with van der Waals surface area (Å²) >= 11 is 0. The van der Waals surface area contributed by atoms with E-state index in [2.05, 4.69) is 19.1 Å². The predicted molar refractivity (Wildman–Crippen MR) is 241 cm³/mol. The molecule has 15 atom stereocenters. The second-order valence-electron chi connectivity index (χ2n) is 19.8. The number of carbonyl (C=O) groups excluding carboxylic acids is 5. The number of esters is 1. The number of nitrogens with zero attached hydrogens (tertiary/aromatic N) is 1. The molecule has 1 saturated carbocycles. The van der Waals surface area contributed by atoms with Gasteiger partial charge in [0.05, 0.1) is 24.4 Å². The van der Waals surface area contributed by atoms with Crippen LogP contribution in [0.1, 0.15) is 144 Å². The van der Waals surface area contributed by atoms with Gasteiger partial charge in [-0.15, -0.1) is 0 Å². The third-order valence-corrected chi connectivity index (χ3v) is 14.7. The number of aliphatic hydroxyl groups excluding tert-OH is 2. The van der Waals surface area contributed by atoms with Crippen molar-refractivity contribution in [3.05, 3.63) is 23.8 Å². The molecule has 0 spiro atoms. The molecular weight excluding hydrogens is 823 g/mol. The Hall–Kier alpha value is -2.85. The number of rotatable bonds is 6. The highest BCUT2D eigenvalue weighted by Gasteiger charge is 2.53. The number of amides is 1. The van der Waals surface area contributed by atoms with Gasteiger partial charge in [0.1, 0.15) is 30.1 Å². The summed E-state index contributed by atoms with van der Waals surface area (Å²) in [5, 5.41) is 33.8. The Morgan fingerprint density at radius 2 is 1.58 bits per heavy atom. The summed E-state index contributed by atoms with van der Waals surface area (Å²) in [5.41, 5.74) is 0.402. The van der Waals surface area contributed by atoms with E-state index in [0.29, 0.717) is 63.4 Å². The van der Waals surface area contributed by atoms with Gasteiger partial charge in [-0.2, -0.15) is 0 Å². The van der Waals surface area contributed by atoms with E-state index in [1.165, 1.54) is 12.0 Å². The standard InChI is InChI=1S/C50H81NO13/c1-30-16-12-10-11-13-17-37(60-7)28-38-21-19-35(6)50(59,64-38)47(56)48(57)51-23-15-14-18-39(51)49(58)63-42(32(3)26-36-20-22-40(52)43(27-36)61-8)29-41(53)31(2)25-34(5)45(55)46(62-9)44(54)33(4)24-30/h12,16,25,30-33,35-40,42-43,45-46,52,55,59H,10-11,13-15,17-24,26-29H2,1-9H3/b16-12+,34-25+/t30-,31-,32-,33-,35-,36-,37-,38+,39+,40-,42+,43-,45-,46+,50-/m1/s1. The van der Waals surface area contributed by atoms with Crippen molar-refractivity contribution in [2.24, 2.45) is 35.5 Å². The molecule has 4 aliphatic rings. The van der Waals surface area contributed by atoms with Gasteiger partial charge in [0, 0.05) is 52.0 Å². The van der Waals surface area contributed by atoms with Crippen molar-refractivity contribution in [3.8, 4) is 0 Å². The Bertz CT molecular complexity index is 1610. The van der Waals surface area contributed by atoms with E-state index in [-0.39, 0.29) is 60.9 Å². The van der Waals surface area contributed by atoms with Crippen LogP contribution in [0.2, 0.25) is 0 Å². The molecule has 3 fully saturated rings. The summed E-state index contributed by atoms with van der Waals surface area (Å²) < 4.78 is 29.4. The van der Waals surface area contributed by atoms with Crippen molar-refractivity contribution >= 4 is 29.2 Å². The number of hydrogen-bond donors (Lipinski definition) is 3. The lowest BCUT2D eigenvalue weighted by molar-refractivity contribution is -0.266. The molecule has 4 rings (SSSR count). The molecule has 1 aliphatic carbocycles. The van der Waals surface area contributed by atoms with E-state index in [1.54, 1.807) is 41.1 Å². The molecular formula is C50H81NO13. The minimum absolute atomic E-state index is 0.0983. The summed E-state index contributed by atoms with van der Waals surface area (Å²) in [5.74, 6) is -7.63. The van der Waals surface area contributed by atoms with Gasteiger partial charge in [0.25, 0.3) is 11.7 Å². The van der Waals surface area contributed by atoms with Crippen LogP contribution in [-0.4, -0.2) is 132 Å².